The van der Waals surface area contributed by atoms with Crippen LogP contribution >= 0.6 is 0 Å². The number of nitrogens with zero attached hydrogens (tertiary/aromatic N) is 3. The fraction of sp³-hybridized carbons (Fsp3) is 0.711. The molecule has 0 aliphatic carbocycles. The molecule has 0 aromatic heterocycles. The molecule has 7 N–H and O–H groups in total. The third-order valence-electron chi connectivity index (χ3n) is 13.2. The van der Waals surface area contributed by atoms with Gasteiger partial charge < -0.3 is 35.6 Å². The molecule has 4 heterocycles. The Labute approximate surface area is 381 Å². The molecule has 0 spiro atoms. The van der Waals surface area contributed by atoms with Crippen LogP contribution in [0.15, 0.2) is 30.3 Å². The number of hydrogen-bond acceptors (Lipinski definition) is 14. The number of amides is 6. The van der Waals surface area contributed by atoms with Gasteiger partial charge in [0.05, 0.1) is 12.6 Å². The van der Waals surface area contributed by atoms with E-state index in [1.165, 1.54) is 13.8 Å². The number of carbonyl (C=O) groups is 7. The van der Waals surface area contributed by atoms with Gasteiger partial charge in [0, 0.05) is 19.5 Å². The Bertz CT molecular complexity index is 1870. The lowest BCUT2D eigenvalue weighted by molar-refractivity contribution is -0.326. The van der Waals surface area contributed by atoms with Gasteiger partial charge in [0.25, 0.3) is 23.6 Å². The summed E-state index contributed by atoms with van der Waals surface area (Å²) in [6.07, 6.45) is 1.23. The number of ether oxygens (including phenoxy) is 2. The van der Waals surface area contributed by atoms with Gasteiger partial charge in [-0.05, 0) is 89.5 Å². The Morgan fingerprint density at radius 3 is 2.22 bits per heavy atom. The van der Waals surface area contributed by atoms with Crippen molar-refractivity contribution in [3.05, 3.63) is 35.9 Å². The molecule has 5 rings (SSSR count). The summed E-state index contributed by atoms with van der Waals surface area (Å²) in [7, 11) is 0. The van der Waals surface area contributed by atoms with Crippen LogP contribution < -0.4 is 26.8 Å². The van der Waals surface area contributed by atoms with Crippen LogP contribution in [0.3, 0.4) is 0 Å². The number of aliphatic hydroxyl groups is 2. The average molecular weight is 915 g/mol. The maximum atomic E-state index is 15.2. The summed E-state index contributed by atoms with van der Waals surface area (Å²) >= 11 is 0. The number of rotatable bonds is 10. The molecule has 11 atom stereocenters. The standard InChI is InChI=1S/C45H70N8O12/c1-9-27(4)23-32-19-20-45(62,65-30(32)7)44(8,61)43(60)50-36-37(26(2)3)64-42(59)28(5)49-39(56)33-17-13-21-47-51(33)35(54)24-46-38(55)29(6)53(63-25-31-15-11-10-12-16-31)40(57)34-18-14-22-48-52(34)41(36)58/h10-12,15-16,26-30,32-34,36-37,47-48,61-62H,9,13-14,17-25H2,1-8H3,(H,46,55)(H,49,56)(H,50,60)/t27-,28+,29-,30+,32+,33-,34+,36-,37-,44+,45+/m0/s1. The summed E-state index contributed by atoms with van der Waals surface area (Å²) in [6.45, 7) is 12.9. The van der Waals surface area contributed by atoms with Gasteiger partial charge in [0.2, 0.25) is 17.6 Å². The van der Waals surface area contributed by atoms with Gasteiger partial charge in [-0.3, -0.25) is 43.6 Å². The lowest BCUT2D eigenvalue weighted by atomic mass is 9.79. The topological polar surface area (TPSA) is 258 Å². The van der Waals surface area contributed by atoms with Crippen LogP contribution in [0, 0.1) is 17.8 Å². The minimum absolute atomic E-state index is 0.0478. The molecule has 0 radical (unpaired) electrons. The highest BCUT2D eigenvalue weighted by Crippen LogP contribution is 2.40. The molecule has 362 valence electrons. The van der Waals surface area contributed by atoms with E-state index < -0.39 is 108 Å². The molecular formula is C45H70N8O12. The highest BCUT2D eigenvalue weighted by atomic mass is 16.7. The second-order valence-corrected chi connectivity index (χ2v) is 18.5. The molecule has 0 unspecified atom stereocenters. The second-order valence-electron chi connectivity index (χ2n) is 18.5. The van der Waals surface area contributed by atoms with E-state index in [2.05, 4.69) is 40.6 Å². The summed E-state index contributed by atoms with van der Waals surface area (Å²) in [5.74, 6) is -8.82. The van der Waals surface area contributed by atoms with Gasteiger partial charge in [-0.25, -0.2) is 20.7 Å². The van der Waals surface area contributed by atoms with Crippen molar-refractivity contribution in [2.45, 2.75) is 167 Å². The van der Waals surface area contributed by atoms with E-state index >= 15 is 4.79 Å². The summed E-state index contributed by atoms with van der Waals surface area (Å²) in [5, 5.41) is 34.5. The van der Waals surface area contributed by atoms with E-state index in [1.54, 1.807) is 51.1 Å². The Balaban J connectivity index is 1.55. The molecule has 4 aliphatic rings. The van der Waals surface area contributed by atoms with Crippen molar-refractivity contribution < 1.29 is 58.1 Å². The van der Waals surface area contributed by atoms with Gasteiger partial charge in [-0.1, -0.05) is 64.4 Å². The number of benzene rings is 1. The first-order valence-electron chi connectivity index (χ1n) is 23.0. The van der Waals surface area contributed by atoms with E-state index in [0.717, 1.165) is 34.8 Å². The zero-order valence-electron chi connectivity index (χ0n) is 39.0. The predicted molar refractivity (Wildman–Crippen MR) is 233 cm³/mol. The molecule has 4 aliphatic heterocycles. The fourth-order valence-corrected chi connectivity index (χ4v) is 8.69. The smallest absolute Gasteiger partial charge is 0.328 e. The molecule has 20 heteroatoms. The van der Waals surface area contributed by atoms with E-state index in [4.69, 9.17) is 14.3 Å². The molecule has 1 aromatic rings. The number of esters is 1. The highest BCUT2D eigenvalue weighted by Gasteiger charge is 2.57. The van der Waals surface area contributed by atoms with Crippen LogP contribution in [0.5, 0.6) is 0 Å². The van der Waals surface area contributed by atoms with Crippen LogP contribution in [-0.2, 0) is 54.5 Å². The third-order valence-corrected chi connectivity index (χ3v) is 13.2. The Morgan fingerprint density at radius 2 is 1.58 bits per heavy atom. The minimum atomic E-state index is -2.66. The van der Waals surface area contributed by atoms with Gasteiger partial charge in [-0.2, -0.15) is 0 Å². The number of hydrogen-bond donors (Lipinski definition) is 7. The van der Waals surface area contributed by atoms with Crippen LogP contribution in [0.4, 0.5) is 0 Å². The molecule has 0 bridgehead atoms. The van der Waals surface area contributed by atoms with Crippen LogP contribution in [0.2, 0.25) is 0 Å². The molecule has 0 saturated carbocycles. The van der Waals surface area contributed by atoms with Crippen molar-refractivity contribution >= 4 is 41.4 Å². The predicted octanol–water partition coefficient (Wildman–Crippen LogP) is 0.705. The number of hydrazine groups is 2. The largest absolute Gasteiger partial charge is 0.458 e. The Morgan fingerprint density at radius 1 is 0.938 bits per heavy atom. The molecule has 20 nitrogen and oxygen atoms in total. The SMILES string of the molecule is CC[C@H](C)C[C@H]1CC[C@](O)([C@](C)(O)C(=O)N[C@@H]2C(=O)N3NCCC[C@@H]3C(=O)N(OCc3ccccc3)[C@@H](C)C(=O)NCC(=O)N3NCCC[C@H]3C(=O)N[C@H](C)C(=O)O[C@H]2C(C)C)O[C@@H]1C. The Hall–Kier alpha value is -4.73. The molecule has 4 fully saturated rings. The highest BCUT2D eigenvalue weighted by molar-refractivity contribution is 5.97. The van der Waals surface area contributed by atoms with E-state index in [9.17, 15) is 39.0 Å². The van der Waals surface area contributed by atoms with Gasteiger partial charge >= 0.3 is 5.97 Å². The number of nitrogens with one attached hydrogen (secondary N) is 5. The average Bonchev–Trinajstić information content (AvgIpc) is 3.29. The van der Waals surface area contributed by atoms with Crippen molar-refractivity contribution in [1.82, 2.24) is 41.9 Å². The maximum Gasteiger partial charge on any atom is 0.328 e. The lowest BCUT2D eigenvalue weighted by Crippen LogP contribution is -2.70. The van der Waals surface area contributed by atoms with Crippen molar-refractivity contribution in [3.8, 4) is 0 Å². The fourth-order valence-electron chi connectivity index (χ4n) is 8.69. The molecule has 1 aromatic carbocycles. The van der Waals surface area contributed by atoms with E-state index in [-0.39, 0.29) is 38.3 Å². The number of cyclic esters (lactones) is 1. The maximum absolute atomic E-state index is 15.2. The first-order valence-corrected chi connectivity index (χ1v) is 23.0. The van der Waals surface area contributed by atoms with Crippen molar-refractivity contribution in [2.24, 2.45) is 17.8 Å². The molecular weight excluding hydrogens is 845 g/mol. The van der Waals surface area contributed by atoms with Crippen LogP contribution in [0.1, 0.15) is 112 Å². The minimum Gasteiger partial charge on any atom is -0.458 e. The zero-order chi connectivity index (χ0) is 47.8. The van der Waals surface area contributed by atoms with Crippen LogP contribution in [0.25, 0.3) is 0 Å². The van der Waals surface area contributed by atoms with E-state index in [1.807, 2.05) is 0 Å². The van der Waals surface area contributed by atoms with Crippen molar-refractivity contribution in [3.63, 3.8) is 0 Å². The summed E-state index contributed by atoms with van der Waals surface area (Å²) < 4.78 is 12.0. The first-order chi connectivity index (χ1) is 30.7. The zero-order valence-corrected chi connectivity index (χ0v) is 39.0. The van der Waals surface area contributed by atoms with E-state index in [0.29, 0.717) is 37.3 Å². The van der Waals surface area contributed by atoms with Crippen molar-refractivity contribution in [2.75, 3.05) is 19.6 Å². The van der Waals surface area contributed by atoms with Gasteiger partial charge in [0.1, 0.15) is 42.9 Å². The third kappa shape index (κ3) is 12.0. The summed E-state index contributed by atoms with van der Waals surface area (Å²) in [5.41, 5.74) is 3.85. The van der Waals surface area contributed by atoms with Gasteiger partial charge in [-0.15, -0.1) is 0 Å². The normalized spacial score (nSPS) is 31.8. The quantitative estimate of drug-likeness (QED) is 0.160. The monoisotopic (exact) mass is 915 g/mol. The molecule has 6 amide bonds. The number of carbonyl (C=O) groups excluding carboxylic acids is 7. The number of hydroxylamine groups is 2. The Kier molecular flexibility index (Phi) is 17.5. The summed E-state index contributed by atoms with van der Waals surface area (Å²) in [6, 6.07) is 1.88. The van der Waals surface area contributed by atoms with Gasteiger partial charge in [0.15, 0.2) is 5.60 Å². The lowest BCUT2D eigenvalue weighted by Gasteiger charge is -2.47. The summed E-state index contributed by atoms with van der Waals surface area (Å²) in [4.78, 5) is 106. The first kappa shape index (κ1) is 51.3. The molecule has 65 heavy (non-hydrogen) atoms. The van der Waals surface area contributed by atoms with Crippen molar-refractivity contribution in [1.29, 1.82) is 0 Å². The molecule has 4 saturated heterocycles. The van der Waals surface area contributed by atoms with Crippen LogP contribution in [-0.4, -0.2) is 140 Å². The second kappa shape index (κ2) is 22.2. The number of fused-ring (bicyclic) bond motifs is 2.